The van der Waals surface area contributed by atoms with Crippen LogP contribution in [0, 0.1) is 5.92 Å². The SMILES string of the molecule is CN(C)CCN(CC(=O)O)CC(O)CC1CCCC1. The molecule has 0 spiro atoms. The number of aliphatic carboxylic acids is 1. The molecular weight excluding hydrogens is 244 g/mol. The van der Waals surface area contributed by atoms with Crippen molar-refractivity contribution in [2.45, 2.75) is 38.2 Å². The largest absolute Gasteiger partial charge is 0.480 e. The number of likely N-dealkylation sites (N-methyl/N-ethyl adjacent to an activating group) is 1. The van der Waals surface area contributed by atoms with E-state index in [0.717, 1.165) is 13.0 Å². The van der Waals surface area contributed by atoms with E-state index in [1.807, 2.05) is 23.9 Å². The average Bonchev–Trinajstić information content (AvgIpc) is 2.77. The Bertz CT molecular complexity index is 265. The van der Waals surface area contributed by atoms with Gasteiger partial charge in [-0.25, -0.2) is 0 Å². The molecule has 0 aromatic heterocycles. The van der Waals surface area contributed by atoms with Gasteiger partial charge >= 0.3 is 5.97 Å². The molecule has 0 heterocycles. The van der Waals surface area contributed by atoms with Gasteiger partial charge in [0.2, 0.25) is 0 Å². The molecule has 1 atom stereocenters. The Kier molecular flexibility index (Phi) is 7.34. The predicted molar refractivity (Wildman–Crippen MR) is 75.2 cm³/mol. The minimum atomic E-state index is -0.827. The number of carboxylic acids is 1. The van der Waals surface area contributed by atoms with Gasteiger partial charge in [0.25, 0.3) is 0 Å². The molecule has 0 radical (unpaired) electrons. The highest BCUT2D eigenvalue weighted by Crippen LogP contribution is 2.28. The Morgan fingerprint density at radius 3 is 2.42 bits per heavy atom. The fraction of sp³-hybridized carbons (Fsp3) is 0.929. The van der Waals surface area contributed by atoms with E-state index in [1.165, 1.54) is 25.7 Å². The smallest absolute Gasteiger partial charge is 0.317 e. The molecule has 0 aromatic carbocycles. The van der Waals surface area contributed by atoms with Gasteiger partial charge in [-0.2, -0.15) is 0 Å². The molecule has 5 heteroatoms. The summed E-state index contributed by atoms with van der Waals surface area (Å²) in [5.74, 6) is -0.192. The molecule has 1 aliphatic rings. The molecule has 112 valence electrons. The Balaban J connectivity index is 2.33. The highest BCUT2D eigenvalue weighted by molar-refractivity contribution is 5.69. The molecule has 0 aliphatic heterocycles. The zero-order chi connectivity index (χ0) is 14.3. The van der Waals surface area contributed by atoms with Crippen LogP contribution in [0.2, 0.25) is 0 Å². The van der Waals surface area contributed by atoms with E-state index in [9.17, 15) is 9.90 Å². The first kappa shape index (κ1) is 16.4. The molecule has 19 heavy (non-hydrogen) atoms. The van der Waals surface area contributed by atoms with Crippen LogP contribution in [0.5, 0.6) is 0 Å². The number of rotatable bonds is 9. The third kappa shape index (κ3) is 7.50. The Morgan fingerprint density at radius 1 is 1.26 bits per heavy atom. The number of aliphatic hydroxyl groups excluding tert-OH is 1. The molecule has 0 bridgehead atoms. The third-order valence-corrected chi connectivity index (χ3v) is 3.77. The standard InChI is InChI=1S/C14H28N2O3/c1-15(2)7-8-16(11-14(18)19)10-13(17)9-12-5-3-4-6-12/h12-13,17H,3-11H2,1-2H3,(H,18,19). The van der Waals surface area contributed by atoms with Crippen LogP contribution in [0.15, 0.2) is 0 Å². The summed E-state index contributed by atoms with van der Waals surface area (Å²) in [6, 6.07) is 0. The van der Waals surface area contributed by atoms with Gasteiger partial charge < -0.3 is 15.1 Å². The van der Waals surface area contributed by atoms with E-state index in [-0.39, 0.29) is 6.54 Å². The fourth-order valence-corrected chi connectivity index (χ4v) is 2.77. The molecule has 0 saturated heterocycles. The van der Waals surface area contributed by atoms with Crippen LogP contribution >= 0.6 is 0 Å². The average molecular weight is 272 g/mol. The molecule has 1 saturated carbocycles. The first-order valence-electron chi connectivity index (χ1n) is 7.24. The number of hydrogen-bond donors (Lipinski definition) is 2. The van der Waals surface area contributed by atoms with Crippen LogP contribution < -0.4 is 0 Å². The second kappa shape index (κ2) is 8.51. The second-order valence-electron chi connectivity index (χ2n) is 5.97. The molecule has 1 rings (SSSR count). The number of nitrogens with zero attached hydrogens (tertiary/aromatic N) is 2. The summed E-state index contributed by atoms with van der Waals surface area (Å²) in [6.45, 7) is 1.97. The van der Waals surface area contributed by atoms with Gasteiger partial charge in [-0.05, 0) is 26.4 Å². The lowest BCUT2D eigenvalue weighted by atomic mass is 10.00. The van der Waals surface area contributed by atoms with E-state index >= 15 is 0 Å². The fourth-order valence-electron chi connectivity index (χ4n) is 2.77. The molecule has 1 unspecified atom stereocenters. The zero-order valence-corrected chi connectivity index (χ0v) is 12.2. The van der Waals surface area contributed by atoms with Crippen molar-refractivity contribution in [3.8, 4) is 0 Å². The van der Waals surface area contributed by atoms with Crippen LogP contribution in [0.3, 0.4) is 0 Å². The summed E-state index contributed by atoms with van der Waals surface area (Å²) in [5.41, 5.74) is 0. The van der Waals surface area contributed by atoms with Crippen molar-refractivity contribution in [1.82, 2.24) is 9.80 Å². The number of carboxylic acid groups (broad SMARTS) is 1. The minimum Gasteiger partial charge on any atom is -0.480 e. The molecule has 1 aliphatic carbocycles. The summed E-state index contributed by atoms with van der Waals surface area (Å²) in [5, 5.41) is 19.0. The van der Waals surface area contributed by atoms with E-state index in [1.54, 1.807) is 0 Å². The topological polar surface area (TPSA) is 64.0 Å². The van der Waals surface area contributed by atoms with Crippen LogP contribution in [0.4, 0.5) is 0 Å². The van der Waals surface area contributed by atoms with Gasteiger partial charge in [-0.1, -0.05) is 25.7 Å². The summed E-state index contributed by atoms with van der Waals surface area (Å²) < 4.78 is 0. The molecule has 5 nitrogen and oxygen atoms in total. The van der Waals surface area contributed by atoms with Gasteiger partial charge in [-0.3, -0.25) is 9.69 Å². The summed E-state index contributed by atoms with van der Waals surface area (Å²) >= 11 is 0. The van der Waals surface area contributed by atoms with Crippen LogP contribution in [0.25, 0.3) is 0 Å². The van der Waals surface area contributed by atoms with E-state index in [0.29, 0.717) is 19.0 Å². The second-order valence-corrected chi connectivity index (χ2v) is 5.97. The van der Waals surface area contributed by atoms with Crippen molar-refractivity contribution in [1.29, 1.82) is 0 Å². The van der Waals surface area contributed by atoms with Crippen molar-refractivity contribution in [3.63, 3.8) is 0 Å². The lowest BCUT2D eigenvalue weighted by Crippen LogP contribution is -2.40. The molecule has 2 N–H and O–H groups in total. The number of hydrogen-bond acceptors (Lipinski definition) is 4. The number of aliphatic hydroxyl groups is 1. The highest BCUT2D eigenvalue weighted by atomic mass is 16.4. The van der Waals surface area contributed by atoms with Crippen molar-refractivity contribution >= 4 is 5.97 Å². The van der Waals surface area contributed by atoms with Crippen molar-refractivity contribution in [2.75, 3.05) is 40.3 Å². The molecule has 1 fully saturated rings. The van der Waals surface area contributed by atoms with Crippen LogP contribution in [-0.4, -0.2) is 72.4 Å². The maximum atomic E-state index is 10.8. The van der Waals surface area contributed by atoms with E-state index < -0.39 is 12.1 Å². The van der Waals surface area contributed by atoms with Gasteiger partial charge in [0.1, 0.15) is 0 Å². The van der Waals surface area contributed by atoms with Crippen molar-refractivity contribution in [3.05, 3.63) is 0 Å². The van der Waals surface area contributed by atoms with Crippen LogP contribution in [-0.2, 0) is 4.79 Å². The maximum absolute atomic E-state index is 10.8. The molecule has 0 aromatic rings. The summed E-state index contributed by atoms with van der Waals surface area (Å²) in [7, 11) is 3.93. The monoisotopic (exact) mass is 272 g/mol. The minimum absolute atomic E-state index is 0.00949. The van der Waals surface area contributed by atoms with E-state index in [2.05, 4.69) is 0 Å². The first-order chi connectivity index (χ1) is 8.97. The molecular formula is C14H28N2O3. The maximum Gasteiger partial charge on any atom is 0.317 e. The summed E-state index contributed by atoms with van der Waals surface area (Å²) in [6.07, 6.45) is 5.40. The first-order valence-corrected chi connectivity index (χ1v) is 7.24. The van der Waals surface area contributed by atoms with Gasteiger partial charge in [-0.15, -0.1) is 0 Å². The quantitative estimate of drug-likeness (QED) is 0.652. The lowest BCUT2D eigenvalue weighted by molar-refractivity contribution is -0.138. The summed E-state index contributed by atoms with van der Waals surface area (Å²) in [4.78, 5) is 14.7. The highest BCUT2D eigenvalue weighted by Gasteiger charge is 2.21. The zero-order valence-electron chi connectivity index (χ0n) is 12.2. The number of carbonyl (C=O) groups is 1. The van der Waals surface area contributed by atoms with Crippen LogP contribution in [0.1, 0.15) is 32.1 Å². The predicted octanol–water partition coefficient (Wildman–Crippen LogP) is 0.876. The third-order valence-electron chi connectivity index (χ3n) is 3.77. The Labute approximate surface area is 116 Å². The van der Waals surface area contributed by atoms with Gasteiger partial charge in [0, 0.05) is 19.6 Å². The molecule has 0 amide bonds. The Morgan fingerprint density at radius 2 is 1.89 bits per heavy atom. The Hall–Kier alpha value is -0.650. The van der Waals surface area contributed by atoms with Gasteiger partial charge in [0.05, 0.1) is 12.6 Å². The lowest BCUT2D eigenvalue weighted by Gasteiger charge is -2.26. The normalized spacial score (nSPS) is 18.4. The van der Waals surface area contributed by atoms with Crippen molar-refractivity contribution in [2.24, 2.45) is 5.92 Å². The van der Waals surface area contributed by atoms with Gasteiger partial charge in [0.15, 0.2) is 0 Å². The van der Waals surface area contributed by atoms with E-state index in [4.69, 9.17) is 5.11 Å². The van der Waals surface area contributed by atoms with Crippen molar-refractivity contribution < 1.29 is 15.0 Å².